The molecule has 6 heteroatoms. The van der Waals surface area contributed by atoms with Gasteiger partial charge in [-0.1, -0.05) is 12.1 Å². The molecular weight excluding hydrogens is 301 g/mol. The van der Waals surface area contributed by atoms with Crippen LogP contribution in [0.1, 0.15) is 22.8 Å². The average Bonchev–Trinajstić information content (AvgIpc) is 2.56. The lowest BCUT2D eigenvalue weighted by Gasteiger charge is -2.13. The second-order valence-corrected chi connectivity index (χ2v) is 4.90. The van der Waals surface area contributed by atoms with Gasteiger partial charge < -0.3 is 15.2 Å². The fraction of sp³-hybridized carbons (Fsp3) is 0.176. The van der Waals surface area contributed by atoms with Crippen LogP contribution < -0.4 is 5.32 Å². The number of halogens is 1. The first-order chi connectivity index (χ1) is 11.0. The van der Waals surface area contributed by atoms with E-state index in [0.717, 1.165) is 0 Å². The number of nitrogens with one attached hydrogen (secondary N) is 1. The highest BCUT2D eigenvalue weighted by molar-refractivity contribution is 5.97. The molecule has 0 aromatic heterocycles. The average molecular weight is 317 g/mol. The molecule has 0 saturated heterocycles. The Labute approximate surface area is 132 Å². The van der Waals surface area contributed by atoms with Crippen LogP contribution in [-0.2, 0) is 16.1 Å². The summed E-state index contributed by atoms with van der Waals surface area (Å²) in [7, 11) is 0. The quantitative estimate of drug-likeness (QED) is 0.831. The Morgan fingerprint density at radius 2 is 1.74 bits per heavy atom. The van der Waals surface area contributed by atoms with Gasteiger partial charge >= 0.3 is 5.97 Å². The van der Waals surface area contributed by atoms with Crippen molar-refractivity contribution in [1.82, 2.24) is 0 Å². The summed E-state index contributed by atoms with van der Waals surface area (Å²) in [4.78, 5) is 23.9. The number of carbonyl (C=O) groups is 2. The van der Waals surface area contributed by atoms with E-state index in [0.29, 0.717) is 11.3 Å². The van der Waals surface area contributed by atoms with E-state index in [-0.39, 0.29) is 12.2 Å². The number of hydrogen-bond acceptors (Lipinski definition) is 4. The Morgan fingerprint density at radius 1 is 1.13 bits per heavy atom. The van der Waals surface area contributed by atoms with Crippen LogP contribution in [-0.4, -0.2) is 23.1 Å². The number of aliphatic hydroxyl groups is 1. The number of ether oxygens (including phenoxy) is 1. The summed E-state index contributed by atoms with van der Waals surface area (Å²) in [5, 5.41) is 11.5. The van der Waals surface area contributed by atoms with E-state index in [2.05, 4.69) is 5.32 Å². The van der Waals surface area contributed by atoms with E-state index >= 15 is 0 Å². The van der Waals surface area contributed by atoms with Gasteiger partial charge in [-0.25, -0.2) is 9.18 Å². The minimum atomic E-state index is -1.01. The topological polar surface area (TPSA) is 75.6 Å². The number of anilines is 1. The molecule has 5 nitrogen and oxygen atoms in total. The summed E-state index contributed by atoms with van der Waals surface area (Å²) in [5.74, 6) is -1.57. The molecule has 0 radical (unpaired) electrons. The van der Waals surface area contributed by atoms with Gasteiger partial charge in [-0.2, -0.15) is 0 Å². The molecule has 1 amide bonds. The van der Waals surface area contributed by atoms with Gasteiger partial charge in [-0.15, -0.1) is 0 Å². The second-order valence-electron chi connectivity index (χ2n) is 4.90. The monoisotopic (exact) mass is 317 g/mol. The normalized spacial score (nSPS) is 11.6. The standard InChI is InChI=1S/C17H16FNO4/c1-11(16(21)19-15-8-6-14(18)7-9-15)23-17(22)13-4-2-12(10-20)3-5-13/h2-9,11,20H,10H2,1H3,(H,19,21)/t11-/m0/s1. The van der Waals surface area contributed by atoms with Crippen LogP contribution in [0.4, 0.5) is 10.1 Å². The van der Waals surface area contributed by atoms with Crippen LogP contribution in [0.5, 0.6) is 0 Å². The number of esters is 1. The van der Waals surface area contributed by atoms with E-state index in [9.17, 15) is 14.0 Å². The summed E-state index contributed by atoms with van der Waals surface area (Å²) in [6.45, 7) is 1.32. The fourth-order valence-corrected chi connectivity index (χ4v) is 1.81. The predicted octanol–water partition coefficient (Wildman–Crippen LogP) is 2.50. The maximum Gasteiger partial charge on any atom is 0.338 e. The van der Waals surface area contributed by atoms with Crippen LogP contribution in [0, 0.1) is 5.82 Å². The number of benzene rings is 2. The van der Waals surface area contributed by atoms with Crippen LogP contribution in [0.15, 0.2) is 48.5 Å². The van der Waals surface area contributed by atoms with Crippen molar-refractivity contribution in [3.8, 4) is 0 Å². The van der Waals surface area contributed by atoms with Crippen LogP contribution in [0.25, 0.3) is 0 Å². The molecule has 0 heterocycles. The Bertz CT molecular complexity index is 683. The zero-order chi connectivity index (χ0) is 16.8. The van der Waals surface area contributed by atoms with Gasteiger partial charge in [0.2, 0.25) is 0 Å². The maximum absolute atomic E-state index is 12.8. The molecule has 0 unspecified atom stereocenters. The Balaban J connectivity index is 1.94. The Hall–Kier alpha value is -2.73. The molecule has 2 aromatic carbocycles. The summed E-state index contributed by atoms with van der Waals surface area (Å²) >= 11 is 0. The van der Waals surface area contributed by atoms with Crippen molar-refractivity contribution >= 4 is 17.6 Å². The molecule has 0 fully saturated rings. The minimum Gasteiger partial charge on any atom is -0.449 e. The van der Waals surface area contributed by atoms with Gasteiger partial charge in [0, 0.05) is 5.69 Å². The van der Waals surface area contributed by atoms with Gasteiger partial charge in [0.05, 0.1) is 12.2 Å². The van der Waals surface area contributed by atoms with Gasteiger partial charge in [0.1, 0.15) is 5.82 Å². The molecule has 2 N–H and O–H groups in total. The Kier molecular flexibility index (Phi) is 5.43. The summed E-state index contributed by atoms with van der Waals surface area (Å²) < 4.78 is 17.9. The number of aliphatic hydroxyl groups excluding tert-OH is 1. The van der Waals surface area contributed by atoms with Crippen molar-refractivity contribution < 1.29 is 23.8 Å². The lowest BCUT2D eigenvalue weighted by Crippen LogP contribution is -2.30. The van der Waals surface area contributed by atoms with Gasteiger partial charge in [0.25, 0.3) is 5.91 Å². The molecule has 0 aliphatic carbocycles. The molecule has 2 rings (SSSR count). The van der Waals surface area contributed by atoms with E-state index < -0.39 is 23.8 Å². The molecule has 0 bridgehead atoms. The SMILES string of the molecule is C[C@H](OC(=O)c1ccc(CO)cc1)C(=O)Nc1ccc(F)cc1. The summed E-state index contributed by atoms with van der Waals surface area (Å²) in [5.41, 5.74) is 1.36. The lowest BCUT2D eigenvalue weighted by atomic mass is 10.1. The van der Waals surface area contributed by atoms with Gasteiger partial charge in [0.15, 0.2) is 6.10 Å². The van der Waals surface area contributed by atoms with E-state index in [4.69, 9.17) is 9.84 Å². The number of amides is 1. The van der Waals surface area contributed by atoms with E-state index in [1.807, 2.05) is 0 Å². The van der Waals surface area contributed by atoms with Crippen LogP contribution >= 0.6 is 0 Å². The molecule has 120 valence electrons. The van der Waals surface area contributed by atoms with Crippen molar-refractivity contribution in [1.29, 1.82) is 0 Å². The van der Waals surface area contributed by atoms with E-state index in [1.54, 1.807) is 12.1 Å². The molecule has 23 heavy (non-hydrogen) atoms. The lowest BCUT2D eigenvalue weighted by molar-refractivity contribution is -0.123. The highest BCUT2D eigenvalue weighted by atomic mass is 19.1. The van der Waals surface area contributed by atoms with Gasteiger partial charge in [-0.05, 0) is 48.9 Å². The largest absolute Gasteiger partial charge is 0.449 e. The van der Waals surface area contributed by atoms with E-state index in [1.165, 1.54) is 43.3 Å². The summed E-state index contributed by atoms with van der Waals surface area (Å²) in [6.07, 6.45) is -1.01. The second kappa shape index (κ2) is 7.51. The van der Waals surface area contributed by atoms with Crippen molar-refractivity contribution in [2.45, 2.75) is 19.6 Å². The first-order valence-corrected chi connectivity index (χ1v) is 6.97. The van der Waals surface area contributed by atoms with Crippen molar-refractivity contribution in [2.24, 2.45) is 0 Å². The summed E-state index contributed by atoms with van der Waals surface area (Å²) in [6, 6.07) is 11.5. The third kappa shape index (κ3) is 4.62. The molecule has 0 aliphatic rings. The highest BCUT2D eigenvalue weighted by Gasteiger charge is 2.19. The third-order valence-electron chi connectivity index (χ3n) is 3.14. The number of hydrogen-bond donors (Lipinski definition) is 2. The zero-order valence-corrected chi connectivity index (χ0v) is 12.5. The molecule has 2 aromatic rings. The van der Waals surface area contributed by atoms with Crippen LogP contribution in [0.3, 0.4) is 0 Å². The van der Waals surface area contributed by atoms with Crippen molar-refractivity contribution in [3.05, 3.63) is 65.5 Å². The Morgan fingerprint density at radius 3 is 2.30 bits per heavy atom. The molecule has 0 aliphatic heterocycles. The minimum absolute atomic E-state index is 0.119. The smallest absolute Gasteiger partial charge is 0.338 e. The van der Waals surface area contributed by atoms with Gasteiger partial charge in [-0.3, -0.25) is 4.79 Å². The number of rotatable bonds is 5. The number of carbonyl (C=O) groups excluding carboxylic acids is 2. The van der Waals surface area contributed by atoms with Crippen molar-refractivity contribution in [3.63, 3.8) is 0 Å². The van der Waals surface area contributed by atoms with Crippen molar-refractivity contribution in [2.75, 3.05) is 5.32 Å². The third-order valence-corrected chi connectivity index (χ3v) is 3.14. The van der Waals surface area contributed by atoms with Crippen LogP contribution in [0.2, 0.25) is 0 Å². The zero-order valence-electron chi connectivity index (χ0n) is 12.5. The first kappa shape index (κ1) is 16.6. The fourth-order valence-electron chi connectivity index (χ4n) is 1.81. The molecule has 0 spiro atoms. The molecule has 1 atom stereocenters. The predicted molar refractivity (Wildman–Crippen MR) is 82.3 cm³/mol. The first-order valence-electron chi connectivity index (χ1n) is 6.97. The maximum atomic E-state index is 12.8. The molecular formula is C17H16FNO4. The molecule has 0 saturated carbocycles. The highest BCUT2D eigenvalue weighted by Crippen LogP contribution is 2.11.